The zero-order valence-electron chi connectivity index (χ0n) is 16.1. The zero-order valence-corrected chi connectivity index (χ0v) is 17.6. The largest absolute Gasteiger partial charge is 0.268 e. The van der Waals surface area contributed by atoms with Gasteiger partial charge in [-0.3, -0.25) is 9.20 Å². The fourth-order valence-electron chi connectivity index (χ4n) is 4.28. The van der Waals surface area contributed by atoms with Crippen molar-refractivity contribution in [2.75, 3.05) is 0 Å². The molecule has 5 rings (SSSR count). The van der Waals surface area contributed by atoms with E-state index in [1.54, 1.807) is 34.4 Å². The van der Waals surface area contributed by atoms with Crippen molar-refractivity contribution in [2.45, 2.75) is 40.0 Å². The van der Waals surface area contributed by atoms with E-state index in [1.807, 2.05) is 16.5 Å². The summed E-state index contributed by atoms with van der Waals surface area (Å²) in [5.41, 5.74) is 2.14. The van der Waals surface area contributed by atoms with Crippen molar-refractivity contribution in [2.24, 2.45) is 11.3 Å². The quantitative estimate of drug-likeness (QED) is 0.446. The van der Waals surface area contributed by atoms with E-state index < -0.39 is 0 Å². The molecule has 28 heavy (non-hydrogen) atoms. The van der Waals surface area contributed by atoms with Crippen molar-refractivity contribution in [1.29, 1.82) is 0 Å². The van der Waals surface area contributed by atoms with Crippen molar-refractivity contribution < 1.29 is 0 Å². The summed E-state index contributed by atoms with van der Waals surface area (Å²) in [6.07, 6.45) is 4.77. The van der Waals surface area contributed by atoms with Crippen LogP contribution in [0.1, 0.15) is 37.6 Å². The average Bonchev–Trinajstić information content (AvgIpc) is 3.25. The lowest BCUT2D eigenvalue weighted by molar-refractivity contribution is 0.218. The lowest BCUT2D eigenvalue weighted by atomic mass is 9.72. The number of fused-ring (bicyclic) bond motifs is 5. The Morgan fingerprint density at radius 1 is 1.29 bits per heavy atom. The van der Waals surface area contributed by atoms with Crippen LogP contribution in [0, 0.1) is 11.3 Å². The number of aromatic nitrogens is 4. The van der Waals surface area contributed by atoms with Crippen molar-refractivity contribution in [1.82, 2.24) is 19.2 Å². The molecular weight excluding hydrogens is 392 g/mol. The van der Waals surface area contributed by atoms with E-state index >= 15 is 0 Å². The van der Waals surface area contributed by atoms with Gasteiger partial charge in [-0.1, -0.05) is 38.4 Å². The first-order valence-electron chi connectivity index (χ1n) is 9.49. The number of hydrogen-bond acceptors (Lipinski definition) is 4. The van der Waals surface area contributed by atoms with Gasteiger partial charge in [-0.2, -0.15) is 0 Å². The number of aryl methyl sites for hydroxylation is 1. The lowest BCUT2D eigenvalue weighted by Gasteiger charge is -2.33. The van der Waals surface area contributed by atoms with Gasteiger partial charge in [-0.05, 0) is 54.4 Å². The second-order valence-electron chi connectivity index (χ2n) is 8.61. The van der Waals surface area contributed by atoms with Crippen LogP contribution >= 0.6 is 22.9 Å². The van der Waals surface area contributed by atoms with E-state index in [0.29, 0.717) is 22.4 Å². The van der Waals surface area contributed by atoms with Crippen LogP contribution in [0.3, 0.4) is 0 Å². The van der Waals surface area contributed by atoms with Crippen molar-refractivity contribution in [3.63, 3.8) is 0 Å². The summed E-state index contributed by atoms with van der Waals surface area (Å²) >= 11 is 7.91. The molecule has 1 unspecified atom stereocenters. The van der Waals surface area contributed by atoms with E-state index in [0.717, 1.165) is 29.5 Å². The molecular formula is C21H21ClN4OS. The maximum atomic E-state index is 13.6. The molecule has 5 nitrogen and oxygen atoms in total. The first-order valence-corrected chi connectivity index (χ1v) is 10.7. The van der Waals surface area contributed by atoms with Crippen LogP contribution in [-0.4, -0.2) is 19.2 Å². The SMILES string of the molecule is CC(C)(C)C1CCc2c(sc3c2c(=O)n(-c2cccc(Cl)c2)c2nncn32)C1. The number of thiophene rings is 1. The van der Waals surface area contributed by atoms with Gasteiger partial charge >= 0.3 is 0 Å². The van der Waals surface area contributed by atoms with Crippen molar-refractivity contribution >= 4 is 38.9 Å². The van der Waals surface area contributed by atoms with E-state index in [9.17, 15) is 4.79 Å². The first kappa shape index (κ1) is 17.9. The second-order valence-corrected chi connectivity index (χ2v) is 10.1. The summed E-state index contributed by atoms with van der Waals surface area (Å²) in [5.74, 6) is 1.14. The standard InChI is InChI=1S/C21H21ClN4OS/c1-21(2,3)12-7-8-15-16(9-12)28-19-17(15)18(27)26(20-24-23-11-25(19)20)14-6-4-5-13(22)10-14/h4-6,10-12H,7-9H2,1-3H3. The molecule has 1 aliphatic carbocycles. The van der Waals surface area contributed by atoms with Crippen LogP contribution in [0.25, 0.3) is 21.7 Å². The van der Waals surface area contributed by atoms with Gasteiger partial charge in [0.1, 0.15) is 11.2 Å². The molecule has 4 aromatic rings. The summed E-state index contributed by atoms with van der Waals surface area (Å²) in [6.45, 7) is 6.92. The molecule has 1 aromatic carbocycles. The molecule has 0 N–H and O–H groups in total. The highest BCUT2D eigenvalue weighted by Crippen LogP contribution is 2.42. The Hall–Kier alpha value is -2.18. The van der Waals surface area contributed by atoms with Gasteiger partial charge < -0.3 is 0 Å². The lowest BCUT2D eigenvalue weighted by Crippen LogP contribution is -2.27. The predicted octanol–water partition coefficient (Wildman–Crippen LogP) is 4.90. The zero-order chi connectivity index (χ0) is 19.6. The molecule has 3 aromatic heterocycles. The summed E-state index contributed by atoms with van der Waals surface area (Å²) in [4.78, 5) is 15.9. The van der Waals surface area contributed by atoms with Crippen molar-refractivity contribution in [3.05, 3.63) is 56.4 Å². The molecule has 0 saturated carbocycles. The maximum Gasteiger partial charge on any atom is 0.268 e. The Labute approximate surface area is 171 Å². The third kappa shape index (κ3) is 2.62. The molecule has 0 spiro atoms. The molecule has 0 radical (unpaired) electrons. The summed E-state index contributed by atoms with van der Waals surface area (Å²) in [6, 6.07) is 7.31. The number of hydrogen-bond donors (Lipinski definition) is 0. The number of benzene rings is 1. The van der Waals surface area contributed by atoms with E-state index in [4.69, 9.17) is 11.6 Å². The molecule has 3 heterocycles. The maximum absolute atomic E-state index is 13.6. The van der Waals surface area contributed by atoms with Crippen LogP contribution in [0.15, 0.2) is 35.4 Å². The molecule has 0 fully saturated rings. The van der Waals surface area contributed by atoms with Gasteiger partial charge in [0.05, 0.1) is 11.1 Å². The molecule has 1 aliphatic rings. The fraction of sp³-hybridized carbons (Fsp3) is 0.381. The Balaban J connectivity index is 1.81. The van der Waals surface area contributed by atoms with Gasteiger partial charge in [0.2, 0.25) is 5.78 Å². The van der Waals surface area contributed by atoms with E-state index in [2.05, 4.69) is 31.0 Å². The normalized spacial score (nSPS) is 17.4. The minimum atomic E-state index is -0.0375. The minimum Gasteiger partial charge on any atom is -0.268 e. The molecule has 0 saturated heterocycles. The highest BCUT2D eigenvalue weighted by molar-refractivity contribution is 7.18. The highest BCUT2D eigenvalue weighted by atomic mass is 35.5. The molecule has 0 bridgehead atoms. The Bertz CT molecular complexity index is 1280. The molecule has 1 atom stereocenters. The van der Waals surface area contributed by atoms with Gasteiger partial charge in [0.15, 0.2) is 0 Å². The monoisotopic (exact) mass is 412 g/mol. The van der Waals surface area contributed by atoms with Gasteiger partial charge in [-0.25, -0.2) is 4.57 Å². The topological polar surface area (TPSA) is 52.2 Å². The van der Waals surface area contributed by atoms with Crippen molar-refractivity contribution in [3.8, 4) is 5.69 Å². The number of nitrogens with zero attached hydrogens (tertiary/aromatic N) is 4. The average molecular weight is 413 g/mol. The molecule has 144 valence electrons. The summed E-state index contributed by atoms with van der Waals surface area (Å²) in [7, 11) is 0. The first-order chi connectivity index (χ1) is 13.3. The third-order valence-corrected chi connectivity index (χ3v) is 7.39. The number of rotatable bonds is 1. The van der Waals surface area contributed by atoms with Gasteiger partial charge in [0.25, 0.3) is 5.56 Å². The summed E-state index contributed by atoms with van der Waals surface area (Å²) < 4.78 is 3.57. The van der Waals surface area contributed by atoms with E-state index in [-0.39, 0.29) is 11.0 Å². The predicted molar refractivity (Wildman–Crippen MR) is 114 cm³/mol. The Morgan fingerprint density at radius 2 is 2.11 bits per heavy atom. The fourth-order valence-corrected chi connectivity index (χ4v) is 5.85. The van der Waals surface area contributed by atoms with E-state index in [1.165, 1.54) is 10.4 Å². The smallest absolute Gasteiger partial charge is 0.268 e. The van der Waals surface area contributed by atoms with Crippen LogP contribution in [0.5, 0.6) is 0 Å². The van der Waals surface area contributed by atoms with Gasteiger partial charge in [0, 0.05) is 9.90 Å². The van der Waals surface area contributed by atoms with Crippen LogP contribution < -0.4 is 5.56 Å². The van der Waals surface area contributed by atoms with Crippen LogP contribution in [0.2, 0.25) is 5.02 Å². The third-order valence-electron chi connectivity index (χ3n) is 5.90. The minimum absolute atomic E-state index is 0.0375. The molecule has 7 heteroatoms. The number of halogens is 1. The van der Waals surface area contributed by atoms with Crippen LogP contribution in [0.4, 0.5) is 0 Å². The second kappa shape index (κ2) is 6.16. The molecule has 0 aliphatic heterocycles. The Morgan fingerprint density at radius 3 is 2.86 bits per heavy atom. The Kier molecular flexibility index (Phi) is 3.93. The van der Waals surface area contributed by atoms with Crippen LogP contribution in [-0.2, 0) is 12.8 Å². The van der Waals surface area contributed by atoms with Gasteiger partial charge in [-0.15, -0.1) is 21.5 Å². The highest BCUT2D eigenvalue weighted by Gasteiger charge is 2.32. The summed E-state index contributed by atoms with van der Waals surface area (Å²) in [5, 5.41) is 9.71. The molecule has 0 amide bonds.